The van der Waals surface area contributed by atoms with E-state index in [1.807, 2.05) is 19.1 Å². The molecular weight excluding hydrogens is 420 g/mol. The first-order valence-electron chi connectivity index (χ1n) is 9.37. The molecule has 0 atom stereocenters. The summed E-state index contributed by atoms with van der Waals surface area (Å²) in [4.78, 5) is 17.7. The lowest BCUT2D eigenvalue weighted by Crippen LogP contribution is -2.16. The smallest absolute Gasteiger partial charge is 0.260 e. The zero-order valence-corrected chi connectivity index (χ0v) is 17.8. The number of methoxy groups -OCH3 is 2. The molecule has 4 aromatic rings. The third-order valence-electron chi connectivity index (χ3n) is 4.77. The van der Waals surface area contributed by atoms with E-state index < -0.39 is 0 Å². The van der Waals surface area contributed by atoms with E-state index >= 15 is 0 Å². The van der Waals surface area contributed by atoms with Crippen molar-refractivity contribution < 1.29 is 23.7 Å². The molecule has 0 saturated carbocycles. The number of carbonyl (C=O) groups excluding carboxylic acids is 1. The van der Waals surface area contributed by atoms with Crippen LogP contribution in [0.5, 0.6) is 23.0 Å². The van der Waals surface area contributed by atoms with Crippen molar-refractivity contribution in [3.8, 4) is 28.1 Å². The van der Waals surface area contributed by atoms with E-state index in [9.17, 15) is 4.79 Å². The number of aromatic nitrogens is 3. The number of thiazole rings is 1. The number of hydrogen-bond donors (Lipinski definition) is 1. The van der Waals surface area contributed by atoms with Crippen molar-refractivity contribution in [1.82, 2.24) is 14.8 Å². The molecule has 0 aliphatic carbocycles. The van der Waals surface area contributed by atoms with Crippen LogP contribution in [0.3, 0.4) is 0 Å². The number of ether oxygens (including phenoxy) is 4. The number of nitrogens with one attached hydrogen (secondary N) is 1. The summed E-state index contributed by atoms with van der Waals surface area (Å²) in [5, 5.41) is 8.03. The van der Waals surface area contributed by atoms with Gasteiger partial charge in [-0.25, -0.2) is 4.98 Å². The molecule has 1 aliphatic rings. The Bertz CT molecular complexity index is 1270. The molecule has 0 unspecified atom stereocenters. The number of benzene rings is 2. The highest BCUT2D eigenvalue weighted by atomic mass is 32.1. The van der Waals surface area contributed by atoms with Gasteiger partial charge in [-0.1, -0.05) is 17.4 Å². The molecule has 9 nitrogen and oxygen atoms in total. The number of rotatable bonds is 5. The maximum atomic E-state index is 13.0. The average molecular weight is 438 g/mol. The highest BCUT2D eigenvalue weighted by Crippen LogP contribution is 2.39. The summed E-state index contributed by atoms with van der Waals surface area (Å²) in [5.41, 5.74) is 1.85. The van der Waals surface area contributed by atoms with Crippen LogP contribution in [-0.4, -0.2) is 41.7 Å². The van der Waals surface area contributed by atoms with Crippen LogP contribution in [0.25, 0.3) is 15.3 Å². The molecule has 1 amide bonds. The molecule has 3 heterocycles. The van der Waals surface area contributed by atoms with Gasteiger partial charge in [0.05, 0.1) is 35.7 Å². The number of amides is 1. The topological polar surface area (TPSA) is 96.7 Å². The highest BCUT2D eigenvalue weighted by molar-refractivity contribution is 7.20. The lowest BCUT2D eigenvalue weighted by Gasteiger charge is -2.12. The fraction of sp³-hybridized carbons (Fsp3) is 0.190. The number of hydrogen-bond acceptors (Lipinski definition) is 8. The van der Waals surface area contributed by atoms with Crippen LogP contribution >= 0.6 is 11.3 Å². The molecule has 0 fully saturated rings. The third-order valence-corrected chi connectivity index (χ3v) is 5.77. The monoisotopic (exact) mass is 438 g/mol. The van der Waals surface area contributed by atoms with Crippen LogP contribution in [0.2, 0.25) is 0 Å². The Balaban J connectivity index is 1.51. The van der Waals surface area contributed by atoms with Gasteiger partial charge in [0.15, 0.2) is 23.0 Å². The predicted octanol–water partition coefficient (Wildman–Crippen LogP) is 3.79. The Morgan fingerprint density at radius 2 is 1.97 bits per heavy atom. The first-order valence-corrected chi connectivity index (χ1v) is 10.2. The Hall–Kier alpha value is -3.79. The molecule has 2 aromatic heterocycles. The Kier molecular flexibility index (Phi) is 4.63. The highest BCUT2D eigenvalue weighted by Gasteiger charge is 2.21. The van der Waals surface area contributed by atoms with Gasteiger partial charge >= 0.3 is 0 Å². The second-order valence-electron chi connectivity index (χ2n) is 6.75. The molecule has 1 N–H and O–H groups in total. The molecule has 158 valence electrons. The third kappa shape index (κ3) is 3.30. The van der Waals surface area contributed by atoms with Crippen LogP contribution in [0.1, 0.15) is 16.1 Å². The first-order chi connectivity index (χ1) is 15.1. The minimum atomic E-state index is -0.348. The number of carbonyl (C=O) groups is 1. The normalized spacial score (nSPS) is 12.2. The van der Waals surface area contributed by atoms with Crippen molar-refractivity contribution in [1.29, 1.82) is 0 Å². The van der Waals surface area contributed by atoms with Crippen molar-refractivity contribution in [2.45, 2.75) is 6.92 Å². The van der Waals surface area contributed by atoms with Gasteiger partial charge in [0.25, 0.3) is 5.91 Å². The van der Waals surface area contributed by atoms with Crippen LogP contribution in [0, 0.1) is 6.92 Å². The molecule has 0 bridgehead atoms. The Labute approximate surface area is 181 Å². The molecule has 1 aliphatic heterocycles. The van der Waals surface area contributed by atoms with Gasteiger partial charge < -0.3 is 24.3 Å². The lowest BCUT2D eigenvalue weighted by molar-refractivity contribution is 0.102. The zero-order chi connectivity index (χ0) is 21.5. The number of aryl methyl sites for hydroxylation is 1. The molecule has 31 heavy (non-hydrogen) atoms. The van der Waals surface area contributed by atoms with Gasteiger partial charge in [0.1, 0.15) is 5.82 Å². The Morgan fingerprint density at radius 3 is 2.74 bits per heavy atom. The van der Waals surface area contributed by atoms with Crippen molar-refractivity contribution >= 4 is 33.3 Å². The number of nitrogens with zero attached hydrogens (tertiary/aromatic N) is 3. The van der Waals surface area contributed by atoms with Crippen molar-refractivity contribution in [2.24, 2.45) is 0 Å². The van der Waals surface area contributed by atoms with Crippen molar-refractivity contribution in [2.75, 3.05) is 26.3 Å². The summed E-state index contributed by atoms with van der Waals surface area (Å²) in [6.45, 7) is 2.06. The first kappa shape index (κ1) is 19.2. The SMILES string of the molecule is COc1cccc(C(=O)Nc2cc(C)nn2-c2nc3cc4c(cc3s2)OCO4)c1OC. The van der Waals surface area contributed by atoms with Crippen LogP contribution < -0.4 is 24.3 Å². The van der Waals surface area contributed by atoms with Gasteiger partial charge in [-0.05, 0) is 19.1 Å². The minimum Gasteiger partial charge on any atom is -0.493 e. The number of fused-ring (bicyclic) bond motifs is 2. The van der Waals surface area contributed by atoms with Crippen LogP contribution in [0.4, 0.5) is 5.82 Å². The fourth-order valence-corrected chi connectivity index (χ4v) is 4.32. The summed E-state index contributed by atoms with van der Waals surface area (Å²) in [5.74, 6) is 2.34. The van der Waals surface area contributed by atoms with E-state index in [1.165, 1.54) is 25.6 Å². The molecule has 10 heteroatoms. The minimum absolute atomic E-state index is 0.210. The zero-order valence-electron chi connectivity index (χ0n) is 17.0. The van der Waals surface area contributed by atoms with Gasteiger partial charge in [-0.3, -0.25) is 4.79 Å². The molecule has 0 saturated heterocycles. The van der Waals surface area contributed by atoms with E-state index in [-0.39, 0.29) is 12.7 Å². The average Bonchev–Trinajstić information content (AvgIpc) is 3.48. The summed E-state index contributed by atoms with van der Waals surface area (Å²) >= 11 is 1.44. The summed E-state index contributed by atoms with van der Waals surface area (Å²) in [6, 6.07) is 10.7. The largest absolute Gasteiger partial charge is 0.493 e. The molecule has 0 spiro atoms. The predicted molar refractivity (Wildman–Crippen MR) is 115 cm³/mol. The van der Waals surface area contributed by atoms with Gasteiger partial charge in [-0.15, -0.1) is 0 Å². The van der Waals surface area contributed by atoms with Crippen molar-refractivity contribution in [3.05, 3.63) is 47.7 Å². The van der Waals surface area contributed by atoms with Gasteiger partial charge in [0, 0.05) is 18.2 Å². The molecule has 2 aromatic carbocycles. The fourth-order valence-electron chi connectivity index (χ4n) is 3.38. The van der Waals surface area contributed by atoms with E-state index in [4.69, 9.17) is 18.9 Å². The number of anilines is 1. The second kappa shape index (κ2) is 7.47. The molecule has 5 rings (SSSR count). The second-order valence-corrected chi connectivity index (χ2v) is 7.76. The van der Waals surface area contributed by atoms with E-state index in [2.05, 4.69) is 15.4 Å². The lowest BCUT2D eigenvalue weighted by atomic mass is 10.1. The van der Waals surface area contributed by atoms with E-state index in [0.717, 1.165) is 15.9 Å². The van der Waals surface area contributed by atoms with Gasteiger partial charge in [-0.2, -0.15) is 9.78 Å². The van der Waals surface area contributed by atoms with Gasteiger partial charge in [0.2, 0.25) is 11.9 Å². The maximum absolute atomic E-state index is 13.0. The summed E-state index contributed by atoms with van der Waals surface area (Å²) in [6.07, 6.45) is 0. The summed E-state index contributed by atoms with van der Waals surface area (Å²) < 4.78 is 24.1. The Morgan fingerprint density at radius 1 is 1.16 bits per heavy atom. The number of para-hydroxylation sites is 1. The molecule has 0 radical (unpaired) electrons. The van der Waals surface area contributed by atoms with E-state index in [0.29, 0.717) is 39.5 Å². The van der Waals surface area contributed by atoms with E-state index in [1.54, 1.807) is 28.9 Å². The van der Waals surface area contributed by atoms with Crippen LogP contribution in [0.15, 0.2) is 36.4 Å². The standard InChI is InChI=1S/C21H18N4O5S/c1-11-7-18(23-20(26)12-5-4-6-14(27-2)19(12)28-3)25(24-11)21-22-13-8-15-16(30-10-29-15)9-17(13)31-21/h4-9H,10H2,1-3H3,(H,23,26). The quantitative estimate of drug-likeness (QED) is 0.506. The van der Waals surface area contributed by atoms with Crippen molar-refractivity contribution in [3.63, 3.8) is 0 Å². The maximum Gasteiger partial charge on any atom is 0.260 e. The summed E-state index contributed by atoms with van der Waals surface area (Å²) in [7, 11) is 3.02. The van der Waals surface area contributed by atoms with Crippen LogP contribution in [-0.2, 0) is 0 Å². The molecular formula is C21H18N4O5S.